The molecule has 0 saturated heterocycles. The van der Waals surface area contributed by atoms with Gasteiger partial charge in [0.25, 0.3) is 0 Å². The zero-order valence-electron chi connectivity index (χ0n) is 10.6. The van der Waals surface area contributed by atoms with Crippen molar-refractivity contribution >= 4 is 18.9 Å². The van der Waals surface area contributed by atoms with Crippen LogP contribution in [0.15, 0.2) is 0 Å². The molecule has 4 bridgehead atoms. The Bertz CT molecular complexity index is 360. The first-order chi connectivity index (χ1) is 8.49. The molecular formula is C14H18O4. The van der Waals surface area contributed by atoms with Crippen LogP contribution < -0.4 is 0 Å². The normalized spacial score (nSPS) is 53.2. The smallest absolute Gasteiger partial charge is 0.126 e. The molecule has 0 aromatic heterocycles. The molecule has 4 rings (SSSR count). The van der Waals surface area contributed by atoms with Crippen LogP contribution in [0.25, 0.3) is 0 Å². The van der Waals surface area contributed by atoms with Crippen LogP contribution in [-0.2, 0) is 19.1 Å². The van der Waals surface area contributed by atoms with Crippen LogP contribution in [0.1, 0.15) is 38.5 Å². The predicted octanol–water partition coefficient (Wildman–Crippen LogP) is 1.31. The van der Waals surface area contributed by atoms with E-state index in [1.165, 1.54) is 0 Å². The molecule has 0 spiro atoms. The van der Waals surface area contributed by atoms with Crippen LogP contribution in [0.4, 0.5) is 0 Å². The molecule has 0 atom stereocenters. The maximum atomic E-state index is 11.5. The van der Waals surface area contributed by atoms with Gasteiger partial charge in [0.1, 0.15) is 18.9 Å². The molecular weight excluding hydrogens is 232 g/mol. The molecule has 0 heterocycles. The van der Waals surface area contributed by atoms with E-state index in [2.05, 4.69) is 0 Å². The molecule has 0 aromatic rings. The van der Waals surface area contributed by atoms with Crippen LogP contribution in [0.3, 0.4) is 0 Å². The molecule has 0 radical (unpaired) electrons. The van der Waals surface area contributed by atoms with Crippen molar-refractivity contribution in [1.29, 1.82) is 0 Å². The highest BCUT2D eigenvalue weighted by Gasteiger charge is 2.69. The number of ether oxygens (including phenoxy) is 1. The second-order valence-corrected chi connectivity index (χ2v) is 6.89. The van der Waals surface area contributed by atoms with E-state index < -0.39 is 21.8 Å². The monoisotopic (exact) mass is 250 g/mol. The topological polar surface area (TPSA) is 60.4 Å². The number of carbonyl (C=O) groups excluding carboxylic acids is 3. The second kappa shape index (κ2) is 3.29. The molecule has 4 aliphatic rings. The summed E-state index contributed by atoms with van der Waals surface area (Å²) in [7, 11) is 1.63. The number of rotatable bonds is 4. The Hall–Kier alpha value is -1.03. The van der Waals surface area contributed by atoms with Crippen molar-refractivity contribution < 1.29 is 19.1 Å². The van der Waals surface area contributed by atoms with Crippen molar-refractivity contribution in [3.05, 3.63) is 0 Å². The summed E-state index contributed by atoms with van der Waals surface area (Å²) in [4.78, 5) is 34.6. The van der Waals surface area contributed by atoms with E-state index in [1.54, 1.807) is 7.11 Å². The zero-order chi connectivity index (χ0) is 13.1. The maximum absolute atomic E-state index is 11.5. The Morgan fingerprint density at radius 3 is 1.28 bits per heavy atom. The van der Waals surface area contributed by atoms with Crippen LogP contribution in [0, 0.1) is 16.2 Å². The highest BCUT2D eigenvalue weighted by molar-refractivity contribution is 5.73. The minimum Gasteiger partial charge on any atom is -0.378 e. The predicted molar refractivity (Wildman–Crippen MR) is 62.9 cm³/mol. The molecule has 0 unspecified atom stereocenters. The van der Waals surface area contributed by atoms with Crippen molar-refractivity contribution in [2.45, 2.75) is 44.1 Å². The summed E-state index contributed by atoms with van der Waals surface area (Å²) in [5.74, 6) is 0. The fourth-order valence-corrected chi connectivity index (χ4v) is 5.37. The molecule has 4 heteroatoms. The molecule has 98 valence electrons. The van der Waals surface area contributed by atoms with E-state index in [4.69, 9.17) is 4.74 Å². The third-order valence-corrected chi connectivity index (χ3v) is 5.32. The van der Waals surface area contributed by atoms with Gasteiger partial charge in [-0.05, 0) is 38.5 Å². The van der Waals surface area contributed by atoms with Gasteiger partial charge in [0.05, 0.1) is 5.60 Å². The van der Waals surface area contributed by atoms with Crippen LogP contribution in [0.5, 0.6) is 0 Å². The van der Waals surface area contributed by atoms with Gasteiger partial charge in [-0.2, -0.15) is 0 Å². The Kier molecular flexibility index (Phi) is 2.20. The van der Waals surface area contributed by atoms with Gasteiger partial charge in [-0.3, -0.25) is 0 Å². The lowest BCUT2D eigenvalue weighted by Gasteiger charge is -2.66. The first-order valence-corrected chi connectivity index (χ1v) is 6.43. The molecule has 18 heavy (non-hydrogen) atoms. The minimum atomic E-state index is -0.535. The number of hydrogen-bond donors (Lipinski definition) is 0. The van der Waals surface area contributed by atoms with E-state index in [0.29, 0.717) is 38.5 Å². The molecule has 0 amide bonds. The van der Waals surface area contributed by atoms with Gasteiger partial charge >= 0.3 is 0 Å². The fraction of sp³-hybridized carbons (Fsp3) is 0.786. The summed E-state index contributed by atoms with van der Waals surface area (Å²) in [6.45, 7) is 0. The molecule has 4 saturated carbocycles. The van der Waals surface area contributed by atoms with E-state index in [-0.39, 0.29) is 0 Å². The highest BCUT2D eigenvalue weighted by Crippen LogP contribution is 2.70. The standard InChI is InChI=1S/C14H18O4/c1-18-14-5-11(8-15)2-12(6-14,9-16)4-13(3-11,7-14)10-17/h8-10H,2-7H2,1H3. The SMILES string of the molecule is COC12CC3(C=O)CC(C=O)(CC(C=O)(C3)C1)C2. The van der Waals surface area contributed by atoms with Gasteiger partial charge in [0, 0.05) is 23.4 Å². The van der Waals surface area contributed by atoms with Gasteiger partial charge in [0.15, 0.2) is 0 Å². The fourth-order valence-electron chi connectivity index (χ4n) is 5.37. The van der Waals surface area contributed by atoms with Crippen molar-refractivity contribution in [1.82, 2.24) is 0 Å². The molecule has 4 nitrogen and oxygen atoms in total. The van der Waals surface area contributed by atoms with Crippen molar-refractivity contribution in [2.24, 2.45) is 16.2 Å². The Morgan fingerprint density at radius 1 is 0.722 bits per heavy atom. The lowest BCUT2D eigenvalue weighted by molar-refractivity contribution is -0.222. The summed E-state index contributed by atoms with van der Waals surface area (Å²) in [5.41, 5.74) is -2.07. The number of aldehydes is 3. The van der Waals surface area contributed by atoms with Crippen molar-refractivity contribution in [2.75, 3.05) is 7.11 Å². The first-order valence-electron chi connectivity index (χ1n) is 6.43. The van der Waals surface area contributed by atoms with E-state index >= 15 is 0 Å². The van der Waals surface area contributed by atoms with E-state index in [0.717, 1.165) is 18.9 Å². The average Bonchev–Trinajstić information content (AvgIpc) is 2.37. The average molecular weight is 250 g/mol. The summed E-state index contributed by atoms with van der Waals surface area (Å²) in [6, 6.07) is 0. The molecule has 0 N–H and O–H groups in total. The van der Waals surface area contributed by atoms with Gasteiger partial charge in [0.2, 0.25) is 0 Å². The largest absolute Gasteiger partial charge is 0.378 e. The maximum Gasteiger partial charge on any atom is 0.126 e. The third kappa shape index (κ3) is 1.32. The summed E-state index contributed by atoms with van der Waals surface area (Å²) < 4.78 is 5.65. The van der Waals surface area contributed by atoms with Crippen LogP contribution in [-0.4, -0.2) is 31.6 Å². The number of carbonyl (C=O) groups is 3. The summed E-state index contributed by atoms with van der Waals surface area (Å²) in [6.07, 6.45) is 6.65. The molecule has 0 aliphatic heterocycles. The molecule has 4 aliphatic carbocycles. The summed E-state index contributed by atoms with van der Waals surface area (Å²) >= 11 is 0. The van der Waals surface area contributed by atoms with E-state index in [9.17, 15) is 14.4 Å². The van der Waals surface area contributed by atoms with E-state index in [1.807, 2.05) is 0 Å². The highest BCUT2D eigenvalue weighted by atomic mass is 16.5. The lowest BCUT2D eigenvalue weighted by Crippen LogP contribution is -2.66. The van der Waals surface area contributed by atoms with Crippen molar-refractivity contribution in [3.8, 4) is 0 Å². The summed E-state index contributed by atoms with van der Waals surface area (Å²) in [5, 5.41) is 0. The van der Waals surface area contributed by atoms with Crippen LogP contribution >= 0.6 is 0 Å². The zero-order valence-corrected chi connectivity index (χ0v) is 10.6. The Balaban J connectivity index is 2.15. The number of methoxy groups -OCH3 is 1. The Labute approximate surface area is 106 Å². The molecule has 0 aromatic carbocycles. The van der Waals surface area contributed by atoms with Gasteiger partial charge in [-0.25, -0.2) is 0 Å². The molecule has 4 fully saturated rings. The third-order valence-electron chi connectivity index (χ3n) is 5.32. The Morgan fingerprint density at radius 2 is 1.06 bits per heavy atom. The van der Waals surface area contributed by atoms with Gasteiger partial charge in [-0.15, -0.1) is 0 Å². The quantitative estimate of drug-likeness (QED) is 0.706. The van der Waals surface area contributed by atoms with Crippen LogP contribution in [0.2, 0.25) is 0 Å². The van der Waals surface area contributed by atoms with Crippen molar-refractivity contribution in [3.63, 3.8) is 0 Å². The second-order valence-electron chi connectivity index (χ2n) is 6.89. The lowest BCUT2D eigenvalue weighted by atomic mass is 9.39. The first kappa shape index (κ1) is 12.0. The minimum absolute atomic E-state index is 0.461. The van der Waals surface area contributed by atoms with Gasteiger partial charge in [-0.1, -0.05) is 0 Å². The number of hydrogen-bond acceptors (Lipinski definition) is 4. The van der Waals surface area contributed by atoms with Gasteiger partial charge < -0.3 is 19.1 Å².